The molecule has 3 rings (SSSR count). The number of aromatic nitrogens is 1. The molecule has 3 aromatic rings. The lowest BCUT2D eigenvalue weighted by Crippen LogP contribution is -2.20. The van der Waals surface area contributed by atoms with Crippen molar-refractivity contribution in [2.24, 2.45) is 0 Å². The summed E-state index contributed by atoms with van der Waals surface area (Å²) in [5, 5.41) is 4.63. The van der Waals surface area contributed by atoms with E-state index in [1.807, 2.05) is 25.1 Å². The van der Waals surface area contributed by atoms with E-state index in [0.29, 0.717) is 22.1 Å². The number of thiazole rings is 1. The molecule has 0 aliphatic carbocycles. The summed E-state index contributed by atoms with van der Waals surface area (Å²) in [5.74, 6) is -1.60. The van der Waals surface area contributed by atoms with Crippen molar-refractivity contribution in [1.29, 1.82) is 0 Å². The second kappa shape index (κ2) is 7.40. The normalized spacial score (nSPS) is 10.5. The van der Waals surface area contributed by atoms with Crippen LogP contribution in [0.2, 0.25) is 0 Å². The van der Waals surface area contributed by atoms with Crippen LogP contribution in [0.1, 0.15) is 5.56 Å². The van der Waals surface area contributed by atoms with Crippen LogP contribution in [0, 0.1) is 18.6 Å². The zero-order valence-electron chi connectivity index (χ0n) is 13.3. The van der Waals surface area contributed by atoms with Crippen LogP contribution >= 0.6 is 11.3 Å². The molecule has 0 aliphatic rings. The van der Waals surface area contributed by atoms with Gasteiger partial charge >= 0.3 is 0 Å². The summed E-state index contributed by atoms with van der Waals surface area (Å²) in [7, 11) is 0. The molecule has 0 atom stereocenters. The summed E-state index contributed by atoms with van der Waals surface area (Å²) in [6.45, 7) is 1.78. The SMILES string of the molecule is Cc1cccc(OCC(=O)Nc2nc(-c3ccc(F)c(F)c3)cs2)c1. The third-order valence-electron chi connectivity index (χ3n) is 3.33. The van der Waals surface area contributed by atoms with Crippen LogP contribution in [0.3, 0.4) is 0 Å². The number of rotatable bonds is 5. The van der Waals surface area contributed by atoms with Crippen LogP contribution in [0.15, 0.2) is 47.8 Å². The third kappa shape index (κ3) is 4.39. The van der Waals surface area contributed by atoms with Crippen LogP contribution in [0.5, 0.6) is 5.75 Å². The quantitative estimate of drug-likeness (QED) is 0.733. The molecule has 0 aliphatic heterocycles. The van der Waals surface area contributed by atoms with Crippen molar-refractivity contribution in [2.75, 3.05) is 11.9 Å². The zero-order valence-corrected chi connectivity index (χ0v) is 14.1. The number of carbonyl (C=O) groups is 1. The first kappa shape index (κ1) is 17.0. The molecule has 2 aromatic carbocycles. The Morgan fingerprint density at radius 3 is 2.80 bits per heavy atom. The molecule has 1 N–H and O–H groups in total. The van der Waals surface area contributed by atoms with E-state index in [4.69, 9.17) is 4.74 Å². The highest BCUT2D eigenvalue weighted by atomic mass is 32.1. The minimum Gasteiger partial charge on any atom is -0.484 e. The highest BCUT2D eigenvalue weighted by Gasteiger charge is 2.11. The van der Waals surface area contributed by atoms with E-state index in [0.717, 1.165) is 17.7 Å². The molecule has 4 nitrogen and oxygen atoms in total. The Kier molecular flexibility index (Phi) is 5.04. The number of halogens is 2. The van der Waals surface area contributed by atoms with E-state index in [9.17, 15) is 13.6 Å². The van der Waals surface area contributed by atoms with E-state index >= 15 is 0 Å². The van der Waals surface area contributed by atoms with Gasteiger partial charge in [0.15, 0.2) is 23.4 Å². The van der Waals surface area contributed by atoms with Crippen LogP contribution < -0.4 is 10.1 Å². The molecule has 0 fully saturated rings. The van der Waals surface area contributed by atoms with Gasteiger partial charge in [0, 0.05) is 10.9 Å². The second-order valence-electron chi connectivity index (χ2n) is 5.32. The maximum absolute atomic E-state index is 13.3. The number of benzene rings is 2. The summed E-state index contributed by atoms with van der Waals surface area (Å²) in [6, 6.07) is 10.9. The summed E-state index contributed by atoms with van der Waals surface area (Å²) >= 11 is 1.19. The van der Waals surface area contributed by atoms with Gasteiger partial charge < -0.3 is 4.74 Å². The topological polar surface area (TPSA) is 51.2 Å². The lowest BCUT2D eigenvalue weighted by molar-refractivity contribution is -0.118. The molecule has 0 saturated carbocycles. The molecule has 1 heterocycles. The van der Waals surface area contributed by atoms with Gasteiger partial charge in [0.05, 0.1) is 5.69 Å². The molecule has 0 spiro atoms. The largest absolute Gasteiger partial charge is 0.484 e. The minimum atomic E-state index is -0.942. The summed E-state index contributed by atoms with van der Waals surface area (Å²) in [6.07, 6.45) is 0. The van der Waals surface area contributed by atoms with Crippen molar-refractivity contribution in [3.05, 3.63) is 65.0 Å². The fraction of sp³-hybridized carbons (Fsp3) is 0.111. The number of ether oxygens (including phenoxy) is 1. The van der Waals surface area contributed by atoms with Crippen molar-refractivity contribution in [3.63, 3.8) is 0 Å². The predicted octanol–water partition coefficient (Wildman–Crippen LogP) is 4.41. The Morgan fingerprint density at radius 2 is 2.04 bits per heavy atom. The van der Waals surface area contributed by atoms with E-state index in [1.165, 1.54) is 17.4 Å². The van der Waals surface area contributed by atoms with Crippen LogP contribution in [-0.2, 0) is 4.79 Å². The Bertz CT molecular complexity index is 912. The number of amides is 1. The van der Waals surface area contributed by atoms with Crippen molar-refractivity contribution in [3.8, 4) is 17.0 Å². The molecular formula is C18H14F2N2O2S. The van der Waals surface area contributed by atoms with Gasteiger partial charge in [-0.3, -0.25) is 10.1 Å². The highest BCUT2D eigenvalue weighted by Crippen LogP contribution is 2.26. The molecule has 0 radical (unpaired) electrons. The molecule has 7 heteroatoms. The first-order valence-electron chi connectivity index (χ1n) is 7.41. The maximum Gasteiger partial charge on any atom is 0.264 e. The number of hydrogen-bond donors (Lipinski definition) is 1. The number of nitrogens with zero attached hydrogens (tertiary/aromatic N) is 1. The number of nitrogens with one attached hydrogen (secondary N) is 1. The predicted molar refractivity (Wildman–Crippen MR) is 92.8 cm³/mol. The molecular weight excluding hydrogens is 346 g/mol. The fourth-order valence-electron chi connectivity index (χ4n) is 2.13. The van der Waals surface area contributed by atoms with Crippen LogP contribution in [-0.4, -0.2) is 17.5 Å². The van der Waals surface area contributed by atoms with Crippen molar-refractivity contribution >= 4 is 22.4 Å². The zero-order chi connectivity index (χ0) is 17.8. The van der Waals surface area contributed by atoms with Crippen molar-refractivity contribution in [1.82, 2.24) is 4.98 Å². The van der Waals surface area contributed by atoms with E-state index in [-0.39, 0.29) is 12.5 Å². The lowest BCUT2D eigenvalue weighted by Gasteiger charge is -2.06. The molecule has 0 saturated heterocycles. The monoisotopic (exact) mass is 360 g/mol. The molecule has 0 bridgehead atoms. The first-order valence-corrected chi connectivity index (χ1v) is 8.29. The highest BCUT2D eigenvalue weighted by molar-refractivity contribution is 7.14. The van der Waals surface area contributed by atoms with Crippen LogP contribution in [0.4, 0.5) is 13.9 Å². The molecule has 25 heavy (non-hydrogen) atoms. The maximum atomic E-state index is 13.3. The number of carbonyl (C=O) groups excluding carboxylic acids is 1. The van der Waals surface area contributed by atoms with Crippen LogP contribution in [0.25, 0.3) is 11.3 Å². The van der Waals surface area contributed by atoms with Crippen molar-refractivity contribution in [2.45, 2.75) is 6.92 Å². The Balaban J connectivity index is 1.60. The smallest absolute Gasteiger partial charge is 0.264 e. The van der Waals surface area contributed by atoms with Gasteiger partial charge in [0.1, 0.15) is 5.75 Å². The standard InChI is InChI=1S/C18H14F2N2O2S/c1-11-3-2-4-13(7-11)24-9-17(23)22-18-21-16(10-25-18)12-5-6-14(19)15(20)8-12/h2-8,10H,9H2,1H3,(H,21,22,23). The molecule has 128 valence electrons. The summed E-state index contributed by atoms with van der Waals surface area (Å²) < 4.78 is 31.7. The van der Waals surface area contributed by atoms with E-state index in [1.54, 1.807) is 11.4 Å². The number of hydrogen-bond acceptors (Lipinski definition) is 4. The van der Waals surface area contributed by atoms with Gasteiger partial charge in [-0.05, 0) is 42.8 Å². The minimum absolute atomic E-state index is 0.149. The van der Waals surface area contributed by atoms with E-state index < -0.39 is 11.6 Å². The van der Waals surface area contributed by atoms with Gasteiger partial charge in [-0.2, -0.15) is 0 Å². The van der Waals surface area contributed by atoms with Gasteiger partial charge in [-0.15, -0.1) is 11.3 Å². The molecule has 0 unspecified atom stereocenters. The average Bonchev–Trinajstić information content (AvgIpc) is 3.04. The van der Waals surface area contributed by atoms with Gasteiger partial charge in [-0.25, -0.2) is 13.8 Å². The lowest BCUT2D eigenvalue weighted by atomic mass is 10.2. The average molecular weight is 360 g/mol. The van der Waals surface area contributed by atoms with Gasteiger partial charge in [-0.1, -0.05) is 12.1 Å². The van der Waals surface area contributed by atoms with Gasteiger partial charge in [0.25, 0.3) is 5.91 Å². The Morgan fingerprint density at radius 1 is 1.20 bits per heavy atom. The molecule has 1 aromatic heterocycles. The summed E-state index contributed by atoms with van der Waals surface area (Å²) in [5.41, 5.74) is 1.93. The van der Waals surface area contributed by atoms with Gasteiger partial charge in [0.2, 0.25) is 0 Å². The third-order valence-corrected chi connectivity index (χ3v) is 4.08. The second-order valence-corrected chi connectivity index (χ2v) is 6.18. The van der Waals surface area contributed by atoms with E-state index in [2.05, 4.69) is 10.3 Å². The summed E-state index contributed by atoms with van der Waals surface area (Å²) in [4.78, 5) is 16.1. The van der Waals surface area contributed by atoms with Crippen molar-refractivity contribution < 1.29 is 18.3 Å². The first-order chi connectivity index (χ1) is 12.0. The Labute approximate surface area is 147 Å². The number of anilines is 1. The fourth-order valence-corrected chi connectivity index (χ4v) is 2.86. The molecule has 1 amide bonds. The number of aryl methyl sites for hydroxylation is 1. The Hall–Kier alpha value is -2.80.